The van der Waals surface area contributed by atoms with Gasteiger partial charge < -0.3 is 14.5 Å². The number of amides is 1. The van der Waals surface area contributed by atoms with Crippen LogP contribution in [0.15, 0.2) is 12.1 Å². The van der Waals surface area contributed by atoms with Crippen LogP contribution in [0.2, 0.25) is 0 Å². The zero-order chi connectivity index (χ0) is 16.4. The lowest BCUT2D eigenvalue weighted by molar-refractivity contribution is -0.0268. The molecule has 23 heavy (non-hydrogen) atoms. The van der Waals surface area contributed by atoms with Crippen molar-refractivity contribution in [1.82, 2.24) is 30.3 Å². The molecule has 9 heteroatoms. The number of ether oxygens (including phenoxy) is 1. The van der Waals surface area contributed by atoms with Gasteiger partial charge in [0.1, 0.15) is 11.9 Å². The molecule has 1 amide bonds. The number of anilines is 1. The summed E-state index contributed by atoms with van der Waals surface area (Å²) in [6.45, 7) is 3.17. The van der Waals surface area contributed by atoms with E-state index in [2.05, 4.69) is 25.4 Å². The molecule has 1 aliphatic rings. The van der Waals surface area contributed by atoms with Crippen LogP contribution in [0.1, 0.15) is 28.2 Å². The molecular formula is C14H19N7O2. The van der Waals surface area contributed by atoms with E-state index in [4.69, 9.17) is 4.74 Å². The average Bonchev–Trinajstić information content (AvgIpc) is 3.01. The summed E-state index contributed by atoms with van der Waals surface area (Å²) in [5, 5.41) is 14.9. The van der Waals surface area contributed by atoms with E-state index in [1.165, 1.54) is 0 Å². The van der Waals surface area contributed by atoms with Crippen molar-refractivity contribution in [3.63, 3.8) is 0 Å². The van der Waals surface area contributed by atoms with Crippen LogP contribution in [0.5, 0.6) is 0 Å². The Hall–Kier alpha value is -2.55. The molecule has 1 N–H and O–H groups in total. The van der Waals surface area contributed by atoms with Crippen LogP contribution in [0, 0.1) is 6.92 Å². The summed E-state index contributed by atoms with van der Waals surface area (Å²) in [7, 11) is 3.74. The first-order chi connectivity index (χ1) is 11.0. The SMILES string of the molecule is Cc1nc(C2CN(C(=O)c3ccc(N(C)C)nn3)CCO2)n[nH]1. The van der Waals surface area contributed by atoms with Crippen molar-refractivity contribution < 1.29 is 9.53 Å². The topological polar surface area (TPSA) is 100 Å². The van der Waals surface area contributed by atoms with Crippen LogP contribution in [-0.4, -0.2) is 70.0 Å². The number of aromatic nitrogens is 5. The Morgan fingerprint density at radius 3 is 2.83 bits per heavy atom. The van der Waals surface area contributed by atoms with Crippen molar-refractivity contribution in [2.75, 3.05) is 38.7 Å². The van der Waals surface area contributed by atoms with Gasteiger partial charge in [0.15, 0.2) is 17.3 Å². The second-order valence-electron chi connectivity index (χ2n) is 5.56. The first-order valence-corrected chi connectivity index (χ1v) is 7.35. The van der Waals surface area contributed by atoms with Crippen molar-refractivity contribution in [3.05, 3.63) is 29.5 Å². The fourth-order valence-electron chi connectivity index (χ4n) is 2.33. The van der Waals surface area contributed by atoms with Crippen molar-refractivity contribution in [3.8, 4) is 0 Å². The highest BCUT2D eigenvalue weighted by Gasteiger charge is 2.29. The Kier molecular flexibility index (Phi) is 4.20. The van der Waals surface area contributed by atoms with Crippen LogP contribution >= 0.6 is 0 Å². The van der Waals surface area contributed by atoms with E-state index in [9.17, 15) is 4.79 Å². The maximum atomic E-state index is 12.6. The monoisotopic (exact) mass is 317 g/mol. The molecular weight excluding hydrogens is 298 g/mol. The predicted molar refractivity (Wildman–Crippen MR) is 82.1 cm³/mol. The third-order valence-electron chi connectivity index (χ3n) is 3.58. The third kappa shape index (κ3) is 3.29. The summed E-state index contributed by atoms with van der Waals surface area (Å²) in [6.07, 6.45) is -0.327. The molecule has 9 nitrogen and oxygen atoms in total. The van der Waals surface area contributed by atoms with Gasteiger partial charge in [-0.3, -0.25) is 9.89 Å². The first kappa shape index (κ1) is 15.3. The van der Waals surface area contributed by atoms with Crippen LogP contribution in [0.25, 0.3) is 0 Å². The number of morpholine rings is 1. The Morgan fingerprint density at radius 1 is 1.39 bits per heavy atom. The number of carbonyl (C=O) groups excluding carboxylic acids is 1. The highest BCUT2D eigenvalue weighted by atomic mass is 16.5. The molecule has 3 rings (SSSR count). The second kappa shape index (κ2) is 6.29. The number of nitrogens with zero attached hydrogens (tertiary/aromatic N) is 6. The molecule has 1 fully saturated rings. The van der Waals surface area contributed by atoms with Gasteiger partial charge in [0.25, 0.3) is 5.91 Å². The fourth-order valence-corrected chi connectivity index (χ4v) is 2.33. The van der Waals surface area contributed by atoms with Gasteiger partial charge in [-0.25, -0.2) is 4.98 Å². The summed E-state index contributed by atoms with van der Waals surface area (Å²) in [5.41, 5.74) is 0.322. The number of aromatic amines is 1. The predicted octanol–water partition coefficient (Wildman–Crippen LogP) is 0.183. The highest BCUT2D eigenvalue weighted by Crippen LogP contribution is 2.20. The van der Waals surface area contributed by atoms with Gasteiger partial charge in [-0.05, 0) is 19.1 Å². The molecule has 0 aromatic carbocycles. The van der Waals surface area contributed by atoms with Crippen LogP contribution in [-0.2, 0) is 4.74 Å². The second-order valence-corrected chi connectivity index (χ2v) is 5.56. The van der Waals surface area contributed by atoms with Crippen molar-refractivity contribution in [1.29, 1.82) is 0 Å². The van der Waals surface area contributed by atoms with Gasteiger partial charge >= 0.3 is 0 Å². The number of aryl methyl sites for hydroxylation is 1. The molecule has 2 aromatic heterocycles. The number of nitrogens with one attached hydrogen (secondary N) is 1. The zero-order valence-corrected chi connectivity index (χ0v) is 13.4. The molecule has 1 atom stereocenters. The minimum Gasteiger partial charge on any atom is -0.366 e. The van der Waals surface area contributed by atoms with Crippen LogP contribution in [0.3, 0.4) is 0 Å². The van der Waals surface area contributed by atoms with Gasteiger partial charge in [0.05, 0.1) is 13.2 Å². The Bertz CT molecular complexity index is 683. The largest absolute Gasteiger partial charge is 0.366 e. The smallest absolute Gasteiger partial charge is 0.274 e. The van der Waals surface area contributed by atoms with E-state index in [0.29, 0.717) is 37.0 Å². The van der Waals surface area contributed by atoms with Gasteiger partial charge in [-0.15, -0.1) is 10.2 Å². The standard InChI is InChI=1S/C14H19N7O2/c1-9-15-13(19-16-9)11-8-21(6-7-23-11)14(22)10-4-5-12(18-17-10)20(2)3/h4-5,11H,6-8H2,1-3H3,(H,15,16,19). The Labute approximate surface area is 133 Å². The number of carbonyl (C=O) groups is 1. The molecule has 0 spiro atoms. The van der Waals surface area contributed by atoms with Crippen molar-refractivity contribution in [2.45, 2.75) is 13.0 Å². The summed E-state index contributed by atoms with van der Waals surface area (Å²) < 4.78 is 5.66. The van der Waals surface area contributed by atoms with E-state index in [-0.39, 0.29) is 12.0 Å². The van der Waals surface area contributed by atoms with E-state index in [1.807, 2.05) is 25.9 Å². The van der Waals surface area contributed by atoms with E-state index in [1.54, 1.807) is 17.0 Å². The average molecular weight is 317 g/mol. The number of rotatable bonds is 3. The maximum absolute atomic E-state index is 12.6. The lowest BCUT2D eigenvalue weighted by Crippen LogP contribution is -2.43. The minimum atomic E-state index is -0.327. The lowest BCUT2D eigenvalue weighted by Gasteiger charge is -2.31. The molecule has 1 aliphatic heterocycles. The van der Waals surface area contributed by atoms with Crippen LogP contribution < -0.4 is 4.90 Å². The van der Waals surface area contributed by atoms with Crippen molar-refractivity contribution >= 4 is 11.7 Å². The van der Waals surface area contributed by atoms with Gasteiger partial charge in [-0.2, -0.15) is 5.10 Å². The van der Waals surface area contributed by atoms with Gasteiger partial charge in [0, 0.05) is 20.6 Å². The summed E-state index contributed by atoms with van der Waals surface area (Å²) in [4.78, 5) is 20.4. The Morgan fingerprint density at radius 2 is 2.22 bits per heavy atom. The molecule has 1 saturated heterocycles. The molecule has 0 saturated carbocycles. The van der Waals surface area contributed by atoms with E-state index < -0.39 is 0 Å². The zero-order valence-electron chi connectivity index (χ0n) is 13.4. The van der Waals surface area contributed by atoms with Gasteiger partial charge in [-0.1, -0.05) is 0 Å². The van der Waals surface area contributed by atoms with Crippen LogP contribution in [0.4, 0.5) is 5.82 Å². The molecule has 1 unspecified atom stereocenters. The molecule has 0 radical (unpaired) electrons. The maximum Gasteiger partial charge on any atom is 0.274 e. The third-order valence-corrected chi connectivity index (χ3v) is 3.58. The quantitative estimate of drug-likeness (QED) is 0.862. The number of hydrogen-bond acceptors (Lipinski definition) is 7. The lowest BCUT2D eigenvalue weighted by atomic mass is 10.2. The normalized spacial score (nSPS) is 18.0. The molecule has 122 valence electrons. The minimum absolute atomic E-state index is 0.164. The first-order valence-electron chi connectivity index (χ1n) is 7.35. The summed E-state index contributed by atoms with van der Waals surface area (Å²) >= 11 is 0. The molecule has 0 aliphatic carbocycles. The summed E-state index contributed by atoms with van der Waals surface area (Å²) in [5.74, 6) is 1.83. The van der Waals surface area contributed by atoms with E-state index >= 15 is 0 Å². The van der Waals surface area contributed by atoms with Crippen molar-refractivity contribution in [2.24, 2.45) is 0 Å². The van der Waals surface area contributed by atoms with Gasteiger partial charge in [0.2, 0.25) is 0 Å². The number of hydrogen-bond donors (Lipinski definition) is 1. The molecule has 2 aromatic rings. The Balaban J connectivity index is 1.71. The molecule has 0 bridgehead atoms. The highest BCUT2D eigenvalue weighted by molar-refractivity contribution is 5.92. The summed E-state index contributed by atoms with van der Waals surface area (Å²) in [6, 6.07) is 3.46. The molecule has 3 heterocycles. The number of H-pyrrole nitrogens is 1. The fraction of sp³-hybridized carbons (Fsp3) is 0.500. The van der Waals surface area contributed by atoms with E-state index in [0.717, 1.165) is 5.82 Å².